The first kappa shape index (κ1) is 27.9. The fourth-order valence-electron chi connectivity index (χ4n) is 7.94. The van der Waals surface area contributed by atoms with Gasteiger partial charge in [0.15, 0.2) is 5.76 Å². The number of pyridine rings is 3. The van der Waals surface area contributed by atoms with E-state index in [9.17, 15) is 9.59 Å². The summed E-state index contributed by atoms with van der Waals surface area (Å²) in [6.45, 7) is 2.30. The van der Waals surface area contributed by atoms with E-state index in [1.54, 1.807) is 11.3 Å². The van der Waals surface area contributed by atoms with Crippen LogP contribution in [0, 0.1) is 5.92 Å². The second kappa shape index (κ2) is 11.2. The lowest BCUT2D eigenvalue weighted by Crippen LogP contribution is -2.22. The van der Waals surface area contributed by atoms with Crippen LogP contribution in [0.1, 0.15) is 83.6 Å². The molecule has 2 atom stereocenters. The van der Waals surface area contributed by atoms with Gasteiger partial charge in [-0.05, 0) is 86.4 Å². The van der Waals surface area contributed by atoms with Gasteiger partial charge >= 0.3 is 0 Å². The Bertz CT molecular complexity index is 2040. The predicted octanol–water partition coefficient (Wildman–Crippen LogP) is 6.45. The van der Waals surface area contributed by atoms with Crippen LogP contribution in [0.5, 0.6) is 0 Å². The van der Waals surface area contributed by atoms with Crippen LogP contribution in [-0.4, -0.2) is 50.7 Å². The van der Waals surface area contributed by atoms with E-state index in [1.807, 2.05) is 29.4 Å². The third-order valence-corrected chi connectivity index (χ3v) is 11.4. The quantitative estimate of drug-likeness (QED) is 0.209. The molecule has 0 bridgehead atoms. The minimum absolute atomic E-state index is 0.0131. The molecule has 10 nitrogen and oxygen atoms in total. The number of nitrogens with zero attached hydrogens (tertiary/aromatic N) is 4. The summed E-state index contributed by atoms with van der Waals surface area (Å²) >= 11 is 1.62. The zero-order valence-corrected chi connectivity index (χ0v) is 26.2. The van der Waals surface area contributed by atoms with E-state index in [2.05, 4.69) is 27.6 Å². The topological polar surface area (TPSA) is 126 Å². The third-order valence-electron chi connectivity index (χ3n) is 10.2. The number of rotatable bonds is 7. The van der Waals surface area contributed by atoms with Gasteiger partial charge in [-0.2, -0.15) is 5.16 Å². The second-order valence-electron chi connectivity index (χ2n) is 12.9. The SMILES string of the molecule is O=C1c2c(nc(CCC3CCOCC3)c(-c3cc(=O)[nH]o3)c2-c2cc3ccnc(NC4CCc5ncccc54)c3s2)C2CCCN12. The number of hydrogen-bond donors (Lipinski definition) is 2. The highest BCUT2D eigenvalue weighted by Gasteiger charge is 2.44. The highest BCUT2D eigenvalue weighted by Crippen LogP contribution is 2.50. The zero-order valence-electron chi connectivity index (χ0n) is 25.4. The normalized spacial score (nSPS) is 20.8. The highest BCUT2D eigenvalue weighted by atomic mass is 32.1. The molecule has 1 amide bonds. The average molecular weight is 635 g/mol. The number of hydrogen-bond acceptors (Lipinski definition) is 9. The molecule has 5 aromatic rings. The van der Waals surface area contributed by atoms with E-state index in [4.69, 9.17) is 19.2 Å². The summed E-state index contributed by atoms with van der Waals surface area (Å²) < 4.78 is 12.4. The summed E-state index contributed by atoms with van der Waals surface area (Å²) in [5.74, 6) is 1.80. The lowest BCUT2D eigenvalue weighted by molar-refractivity contribution is 0.0639. The molecule has 11 heteroatoms. The van der Waals surface area contributed by atoms with Gasteiger partial charge < -0.3 is 19.5 Å². The molecule has 0 radical (unpaired) electrons. The largest absolute Gasteiger partial charge is 0.381 e. The van der Waals surface area contributed by atoms with E-state index in [0.717, 1.165) is 120 Å². The summed E-state index contributed by atoms with van der Waals surface area (Å²) in [5.41, 5.74) is 5.98. The molecule has 2 fully saturated rings. The fourth-order valence-corrected chi connectivity index (χ4v) is 9.11. The predicted molar refractivity (Wildman–Crippen MR) is 175 cm³/mol. The maximum atomic E-state index is 14.2. The second-order valence-corrected chi connectivity index (χ2v) is 13.9. The van der Waals surface area contributed by atoms with Gasteiger partial charge in [-0.25, -0.2) is 4.98 Å². The van der Waals surface area contributed by atoms with Crippen LogP contribution in [0.15, 0.2) is 52.0 Å². The van der Waals surface area contributed by atoms with Crippen molar-refractivity contribution in [3.8, 4) is 21.8 Å². The number of H-pyrrole nitrogens is 1. The molecule has 2 N–H and O–H groups in total. The first-order chi connectivity index (χ1) is 22.6. The average Bonchev–Trinajstić information content (AvgIpc) is 3.92. The molecule has 0 aromatic carbocycles. The number of fused-ring (bicyclic) bond motifs is 5. The lowest BCUT2D eigenvalue weighted by atomic mass is 9.89. The van der Waals surface area contributed by atoms with E-state index in [1.165, 1.54) is 11.6 Å². The van der Waals surface area contributed by atoms with Crippen molar-refractivity contribution in [3.63, 3.8) is 0 Å². The molecule has 4 aliphatic rings. The van der Waals surface area contributed by atoms with Gasteiger partial charge in [-0.15, -0.1) is 11.3 Å². The molecule has 5 aromatic heterocycles. The number of thiophene rings is 1. The molecule has 46 heavy (non-hydrogen) atoms. The van der Waals surface area contributed by atoms with Gasteiger partial charge in [0.05, 0.1) is 45.4 Å². The van der Waals surface area contributed by atoms with Crippen LogP contribution < -0.4 is 10.9 Å². The van der Waals surface area contributed by atoms with Gasteiger partial charge in [0.2, 0.25) is 0 Å². The van der Waals surface area contributed by atoms with E-state index >= 15 is 0 Å². The first-order valence-electron chi connectivity index (χ1n) is 16.4. The molecular weight excluding hydrogens is 600 g/mol. The van der Waals surface area contributed by atoms with Crippen molar-refractivity contribution in [1.29, 1.82) is 0 Å². The Morgan fingerprint density at radius 1 is 1.02 bits per heavy atom. The number of anilines is 1. The zero-order chi connectivity index (χ0) is 30.8. The number of amides is 1. The molecule has 9 rings (SSSR count). The molecule has 0 spiro atoms. The number of carbonyl (C=O) groups is 1. The lowest BCUT2D eigenvalue weighted by Gasteiger charge is -2.23. The van der Waals surface area contributed by atoms with Crippen LogP contribution in [-0.2, 0) is 17.6 Å². The first-order valence-corrected chi connectivity index (χ1v) is 17.2. The Labute approximate surface area is 269 Å². The Morgan fingerprint density at radius 3 is 2.80 bits per heavy atom. The Balaban J connectivity index is 1.21. The fraction of sp³-hybridized carbons (Fsp3) is 0.400. The van der Waals surface area contributed by atoms with Gasteiger partial charge in [-0.1, -0.05) is 6.07 Å². The Kier molecular flexibility index (Phi) is 6.78. The molecular formula is C35H34N6O4S. The van der Waals surface area contributed by atoms with Gasteiger partial charge in [0, 0.05) is 48.3 Å². The monoisotopic (exact) mass is 634 g/mol. The number of aromatic nitrogens is 4. The van der Waals surface area contributed by atoms with Crippen molar-refractivity contribution in [2.45, 2.75) is 63.5 Å². The minimum atomic E-state index is -0.317. The van der Waals surface area contributed by atoms with Crippen LogP contribution in [0.4, 0.5) is 5.82 Å². The van der Waals surface area contributed by atoms with Crippen molar-refractivity contribution < 1.29 is 14.1 Å². The molecule has 2 saturated heterocycles. The van der Waals surface area contributed by atoms with Crippen molar-refractivity contribution in [3.05, 3.63) is 81.3 Å². The third kappa shape index (κ3) is 4.59. The van der Waals surface area contributed by atoms with Crippen LogP contribution in [0.3, 0.4) is 0 Å². The maximum Gasteiger partial charge on any atom is 0.280 e. The van der Waals surface area contributed by atoms with Crippen LogP contribution in [0.2, 0.25) is 0 Å². The van der Waals surface area contributed by atoms with Gasteiger partial charge in [-0.3, -0.25) is 19.6 Å². The number of ether oxygens (including phenoxy) is 1. The standard InChI is InChI=1S/C35H34N6O4S/c42-28-18-26(45-40-28)29-24(6-5-19-10-15-44-16-11-19)38-32-25-4-2-14-41(25)35(43)31(32)30(29)27-17-20-9-13-37-34(33(20)46-27)39-23-8-7-22-21(23)3-1-12-36-22/h1,3,9,12-13,17-19,23,25H,2,4-8,10-11,14-16H2,(H,37,39)(H,40,42). The number of carbonyl (C=O) groups excluding carboxylic acids is 1. The minimum Gasteiger partial charge on any atom is -0.381 e. The van der Waals surface area contributed by atoms with Crippen molar-refractivity contribution >= 4 is 33.1 Å². The molecule has 8 heterocycles. The number of nitrogens with one attached hydrogen (secondary N) is 2. The summed E-state index contributed by atoms with van der Waals surface area (Å²) in [6.07, 6.45) is 11.2. The van der Waals surface area contributed by atoms with E-state index < -0.39 is 0 Å². The molecule has 2 unspecified atom stereocenters. The van der Waals surface area contributed by atoms with Crippen LogP contribution in [0.25, 0.3) is 31.9 Å². The molecule has 234 valence electrons. The van der Waals surface area contributed by atoms with E-state index in [0.29, 0.717) is 17.2 Å². The number of aromatic amines is 1. The Hall–Kier alpha value is -4.35. The Morgan fingerprint density at radius 2 is 1.93 bits per heavy atom. The molecule has 3 aliphatic heterocycles. The maximum absolute atomic E-state index is 14.2. The highest BCUT2D eigenvalue weighted by molar-refractivity contribution is 7.23. The summed E-state index contributed by atoms with van der Waals surface area (Å²) in [4.78, 5) is 44.1. The van der Waals surface area contributed by atoms with Crippen LogP contribution >= 0.6 is 11.3 Å². The van der Waals surface area contributed by atoms with Gasteiger partial charge in [0.1, 0.15) is 5.82 Å². The number of aryl methyl sites for hydroxylation is 2. The molecule has 1 aliphatic carbocycles. The summed E-state index contributed by atoms with van der Waals surface area (Å²) in [5, 5.41) is 7.25. The summed E-state index contributed by atoms with van der Waals surface area (Å²) in [6, 6.07) is 9.91. The van der Waals surface area contributed by atoms with Crippen molar-refractivity contribution in [2.24, 2.45) is 5.92 Å². The van der Waals surface area contributed by atoms with Gasteiger partial charge in [0.25, 0.3) is 11.5 Å². The van der Waals surface area contributed by atoms with Crippen molar-refractivity contribution in [1.82, 2.24) is 25.0 Å². The van der Waals surface area contributed by atoms with E-state index in [-0.39, 0.29) is 23.6 Å². The van der Waals surface area contributed by atoms with Crippen molar-refractivity contribution in [2.75, 3.05) is 25.1 Å². The molecule has 0 saturated carbocycles. The smallest absolute Gasteiger partial charge is 0.280 e. The summed E-state index contributed by atoms with van der Waals surface area (Å²) in [7, 11) is 0.